The van der Waals surface area contributed by atoms with Crippen LogP contribution in [0.5, 0.6) is 0 Å². The van der Waals surface area contributed by atoms with Crippen molar-refractivity contribution in [2.24, 2.45) is 11.8 Å². The number of piperidine rings is 1. The summed E-state index contributed by atoms with van der Waals surface area (Å²) in [6.07, 6.45) is 3.84. The van der Waals surface area contributed by atoms with E-state index in [1.54, 1.807) is 0 Å². The van der Waals surface area contributed by atoms with Crippen LogP contribution in [-0.2, 0) is 4.74 Å². The fraction of sp³-hybridized carbons (Fsp3) is 0.647. The summed E-state index contributed by atoms with van der Waals surface area (Å²) < 4.78 is 5.53. The Labute approximate surface area is 116 Å². The van der Waals surface area contributed by atoms with E-state index in [4.69, 9.17) is 4.74 Å². The van der Waals surface area contributed by atoms with E-state index >= 15 is 0 Å². The van der Waals surface area contributed by atoms with E-state index in [-0.39, 0.29) is 0 Å². The topological polar surface area (TPSA) is 21.3 Å². The monoisotopic (exact) mass is 259 g/mol. The number of rotatable bonds is 2. The van der Waals surface area contributed by atoms with Crippen molar-refractivity contribution in [1.82, 2.24) is 5.32 Å². The molecule has 2 nitrogen and oxygen atoms in total. The molecule has 0 radical (unpaired) electrons. The number of aryl methyl sites for hydroxylation is 1. The number of hydrogen-bond acceptors (Lipinski definition) is 2. The van der Waals surface area contributed by atoms with Crippen LogP contribution in [0.3, 0.4) is 0 Å². The van der Waals surface area contributed by atoms with Crippen LogP contribution in [0.1, 0.15) is 36.3 Å². The van der Waals surface area contributed by atoms with Crippen LogP contribution in [0, 0.1) is 18.8 Å². The second-order valence-corrected chi connectivity index (χ2v) is 6.13. The van der Waals surface area contributed by atoms with Gasteiger partial charge in [0, 0.05) is 19.8 Å². The third-order valence-electron chi connectivity index (χ3n) is 4.88. The van der Waals surface area contributed by atoms with Crippen LogP contribution in [-0.4, -0.2) is 26.3 Å². The molecule has 2 heterocycles. The third kappa shape index (κ3) is 3.01. The zero-order valence-corrected chi connectivity index (χ0v) is 11.9. The maximum Gasteiger partial charge on any atom is 0.0468 e. The minimum atomic E-state index is 0.691. The number of ether oxygens (including phenoxy) is 1. The SMILES string of the molecule is Cc1cccc(C2CNCCC2C2CCOCC2)c1. The van der Waals surface area contributed by atoms with E-state index in [1.807, 2.05) is 0 Å². The second-order valence-electron chi connectivity index (χ2n) is 6.13. The summed E-state index contributed by atoms with van der Waals surface area (Å²) in [6.45, 7) is 6.46. The van der Waals surface area contributed by atoms with Crippen molar-refractivity contribution in [1.29, 1.82) is 0 Å². The Morgan fingerprint density at radius 1 is 1.16 bits per heavy atom. The highest BCUT2D eigenvalue weighted by molar-refractivity contribution is 5.27. The normalized spacial score (nSPS) is 29.3. The van der Waals surface area contributed by atoms with Crippen LogP contribution in [0.4, 0.5) is 0 Å². The first kappa shape index (κ1) is 13.1. The number of hydrogen-bond donors (Lipinski definition) is 1. The molecule has 2 atom stereocenters. The largest absolute Gasteiger partial charge is 0.381 e. The number of nitrogens with one attached hydrogen (secondary N) is 1. The standard InChI is InChI=1S/C17H25NO/c1-13-3-2-4-15(11-13)17-12-18-8-5-16(17)14-6-9-19-10-7-14/h2-4,11,14,16-18H,5-10,12H2,1H3. The molecule has 2 aliphatic rings. The second kappa shape index (κ2) is 6.06. The lowest BCUT2D eigenvalue weighted by atomic mass is 9.71. The van der Waals surface area contributed by atoms with Crippen molar-refractivity contribution in [2.45, 2.75) is 32.1 Å². The zero-order chi connectivity index (χ0) is 13.1. The fourth-order valence-electron chi connectivity index (χ4n) is 3.85. The highest BCUT2D eigenvalue weighted by Crippen LogP contribution is 2.39. The van der Waals surface area contributed by atoms with E-state index in [2.05, 4.69) is 36.5 Å². The van der Waals surface area contributed by atoms with Crippen molar-refractivity contribution < 1.29 is 4.74 Å². The van der Waals surface area contributed by atoms with Crippen LogP contribution in [0.25, 0.3) is 0 Å². The maximum atomic E-state index is 5.53. The summed E-state index contributed by atoms with van der Waals surface area (Å²) in [5.74, 6) is 2.39. The molecular weight excluding hydrogens is 234 g/mol. The lowest BCUT2D eigenvalue weighted by Crippen LogP contribution is -2.40. The quantitative estimate of drug-likeness (QED) is 0.881. The Hall–Kier alpha value is -0.860. The molecule has 0 aliphatic carbocycles. The summed E-state index contributed by atoms with van der Waals surface area (Å²) in [4.78, 5) is 0. The molecule has 104 valence electrons. The van der Waals surface area contributed by atoms with Crippen molar-refractivity contribution in [3.63, 3.8) is 0 Å². The molecular formula is C17H25NO. The van der Waals surface area contributed by atoms with Gasteiger partial charge in [-0.15, -0.1) is 0 Å². The average Bonchev–Trinajstić information content (AvgIpc) is 2.48. The van der Waals surface area contributed by atoms with Crippen molar-refractivity contribution >= 4 is 0 Å². The van der Waals surface area contributed by atoms with Crippen LogP contribution >= 0.6 is 0 Å². The van der Waals surface area contributed by atoms with Gasteiger partial charge in [0.15, 0.2) is 0 Å². The van der Waals surface area contributed by atoms with E-state index in [9.17, 15) is 0 Å². The fourth-order valence-corrected chi connectivity index (χ4v) is 3.85. The summed E-state index contributed by atoms with van der Waals surface area (Å²) in [6, 6.07) is 9.10. The van der Waals surface area contributed by atoms with Gasteiger partial charge in [-0.25, -0.2) is 0 Å². The minimum absolute atomic E-state index is 0.691. The molecule has 2 saturated heterocycles. The summed E-state index contributed by atoms with van der Waals surface area (Å²) in [5, 5.41) is 3.59. The van der Waals surface area contributed by atoms with Gasteiger partial charge in [-0.3, -0.25) is 0 Å². The lowest BCUT2D eigenvalue weighted by molar-refractivity contribution is 0.0356. The molecule has 1 N–H and O–H groups in total. The molecule has 0 amide bonds. The van der Waals surface area contributed by atoms with Crippen molar-refractivity contribution in [3.8, 4) is 0 Å². The molecule has 2 aliphatic heterocycles. The van der Waals surface area contributed by atoms with Gasteiger partial charge in [0.05, 0.1) is 0 Å². The predicted molar refractivity (Wildman–Crippen MR) is 78.4 cm³/mol. The van der Waals surface area contributed by atoms with Crippen LogP contribution < -0.4 is 5.32 Å². The Morgan fingerprint density at radius 3 is 2.79 bits per heavy atom. The van der Waals surface area contributed by atoms with Gasteiger partial charge in [0.1, 0.15) is 0 Å². The first-order chi connectivity index (χ1) is 9.34. The van der Waals surface area contributed by atoms with E-state index < -0.39 is 0 Å². The molecule has 0 spiro atoms. The van der Waals surface area contributed by atoms with Crippen molar-refractivity contribution in [2.75, 3.05) is 26.3 Å². The first-order valence-corrected chi connectivity index (χ1v) is 7.69. The van der Waals surface area contributed by atoms with Gasteiger partial charge in [-0.1, -0.05) is 29.8 Å². The van der Waals surface area contributed by atoms with Gasteiger partial charge in [0.2, 0.25) is 0 Å². The number of benzene rings is 1. The third-order valence-corrected chi connectivity index (χ3v) is 4.88. The van der Waals surface area contributed by atoms with Crippen LogP contribution in [0.2, 0.25) is 0 Å². The summed E-state index contributed by atoms with van der Waals surface area (Å²) >= 11 is 0. The molecule has 1 aromatic carbocycles. The zero-order valence-electron chi connectivity index (χ0n) is 11.9. The molecule has 19 heavy (non-hydrogen) atoms. The molecule has 0 aromatic heterocycles. The lowest BCUT2D eigenvalue weighted by Gasteiger charge is -2.39. The Balaban J connectivity index is 1.80. The van der Waals surface area contributed by atoms with Gasteiger partial charge >= 0.3 is 0 Å². The van der Waals surface area contributed by atoms with Gasteiger partial charge in [0.25, 0.3) is 0 Å². The van der Waals surface area contributed by atoms with Gasteiger partial charge in [-0.05, 0) is 56.0 Å². The molecule has 2 unspecified atom stereocenters. The predicted octanol–water partition coefficient (Wildman–Crippen LogP) is 3.11. The van der Waals surface area contributed by atoms with E-state index in [1.165, 1.54) is 36.9 Å². The minimum Gasteiger partial charge on any atom is -0.381 e. The first-order valence-electron chi connectivity index (χ1n) is 7.69. The average molecular weight is 259 g/mol. The van der Waals surface area contributed by atoms with E-state index in [0.29, 0.717) is 5.92 Å². The van der Waals surface area contributed by atoms with E-state index in [0.717, 1.165) is 31.6 Å². The van der Waals surface area contributed by atoms with Crippen molar-refractivity contribution in [3.05, 3.63) is 35.4 Å². The van der Waals surface area contributed by atoms with Gasteiger partial charge in [-0.2, -0.15) is 0 Å². The molecule has 0 saturated carbocycles. The van der Waals surface area contributed by atoms with Crippen LogP contribution in [0.15, 0.2) is 24.3 Å². The molecule has 1 aromatic rings. The van der Waals surface area contributed by atoms with Gasteiger partial charge < -0.3 is 10.1 Å². The Morgan fingerprint density at radius 2 is 2.00 bits per heavy atom. The molecule has 2 heteroatoms. The molecule has 0 bridgehead atoms. The summed E-state index contributed by atoms with van der Waals surface area (Å²) in [7, 11) is 0. The Bertz CT molecular complexity index is 411. The Kier molecular flexibility index (Phi) is 4.19. The smallest absolute Gasteiger partial charge is 0.0468 e. The molecule has 2 fully saturated rings. The summed E-state index contributed by atoms with van der Waals surface area (Å²) in [5.41, 5.74) is 2.91. The highest BCUT2D eigenvalue weighted by Gasteiger charge is 2.33. The highest BCUT2D eigenvalue weighted by atomic mass is 16.5. The molecule has 3 rings (SSSR count). The maximum absolute atomic E-state index is 5.53.